The van der Waals surface area contributed by atoms with Gasteiger partial charge in [-0.1, -0.05) is 141 Å². The summed E-state index contributed by atoms with van der Waals surface area (Å²) in [4.78, 5) is 24.5. The summed E-state index contributed by atoms with van der Waals surface area (Å²) in [6, 6.07) is 49.3. The molecule has 0 spiro atoms. The molecule has 0 aliphatic heterocycles. The lowest BCUT2D eigenvalue weighted by Gasteiger charge is -2.12. The van der Waals surface area contributed by atoms with Gasteiger partial charge in [0.05, 0.1) is 16.7 Å². The van der Waals surface area contributed by atoms with E-state index >= 15 is 0 Å². The minimum atomic E-state index is 0. The van der Waals surface area contributed by atoms with E-state index in [1.54, 1.807) is 0 Å². The van der Waals surface area contributed by atoms with Gasteiger partial charge in [0, 0.05) is 39.2 Å². The van der Waals surface area contributed by atoms with Gasteiger partial charge in [0.1, 0.15) is 0 Å². The van der Waals surface area contributed by atoms with Gasteiger partial charge >= 0.3 is 0 Å². The Morgan fingerprint density at radius 2 is 0.889 bits per heavy atom. The maximum absolute atomic E-state index is 5.17. The molecule has 0 atom stereocenters. The van der Waals surface area contributed by atoms with Crippen LogP contribution in [0.1, 0.15) is 7.43 Å². The average Bonchev–Trinajstić information content (AvgIpc) is 3.12. The first-order valence-electron chi connectivity index (χ1n) is 14.5. The molecule has 5 aromatic carbocycles. The second kappa shape index (κ2) is 11.9. The Morgan fingerprint density at radius 1 is 0.378 bits per heavy atom. The van der Waals surface area contributed by atoms with Crippen molar-refractivity contribution >= 4 is 21.8 Å². The van der Waals surface area contributed by atoms with Crippen LogP contribution in [0.3, 0.4) is 0 Å². The van der Waals surface area contributed by atoms with E-state index in [0.29, 0.717) is 17.5 Å². The maximum atomic E-state index is 5.17. The fourth-order valence-corrected chi connectivity index (χ4v) is 5.56. The van der Waals surface area contributed by atoms with E-state index in [0.717, 1.165) is 60.9 Å². The third-order valence-electron chi connectivity index (χ3n) is 7.77. The van der Waals surface area contributed by atoms with E-state index in [-0.39, 0.29) is 7.43 Å². The van der Waals surface area contributed by atoms with Gasteiger partial charge in [0.2, 0.25) is 0 Å². The number of benzene rings is 5. The predicted molar refractivity (Wildman–Crippen MR) is 184 cm³/mol. The van der Waals surface area contributed by atoms with Crippen molar-refractivity contribution in [1.29, 1.82) is 0 Å². The van der Waals surface area contributed by atoms with Gasteiger partial charge in [-0.2, -0.15) is 0 Å². The van der Waals surface area contributed by atoms with Crippen LogP contribution in [0.15, 0.2) is 152 Å². The molecule has 0 aliphatic carbocycles. The van der Waals surface area contributed by atoms with Gasteiger partial charge in [0.15, 0.2) is 17.5 Å². The monoisotopic (exact) mass is 579 g/mol. The van der Waals surface area contributed by atoms with Crippen LogP contribution < -0.4 is 0 Å². The molecular weight excluding hydrogens is 550 g/mol. The summed E-state index contributed by atoms with van der Waals surface area (Å²) in [7, 11) is 0. The normalized spacial score (nSPS) is 10.9. The number of nitrogens with zero attached hydrogens (tertiary/aromatic N) is 5. The zero-order chi connectivity index (χ0) is 29.3. The number of rotatable bonds is 5. The average molecular weight is 580 g/mol. The highest BCUT2D eigenvalue weighted by Gasteiger charge is 2.15. The molecule has 5 heteroatoms. The standard InChI is InChI=1S/C39H25N5.CH4/c1-4-11-26(12-5-1)33-25-34(41-36-32(33)23-22-28-17-10-24-40-35(28)36)27-18-20-31(21-19-27)39-43-37(29-13-6-2-7-14-29)42-38(44-39)30-15-8-3-9-16-30;/h1-25H;1H4. The minimum Gasteiger partial charge on any atom is -0.254 e. The van der Waals surface area contributed by atoms with Crippen LogP contribution in [0, 0.1) is 0 Å². The molecule has 0 amide bonds. The van der Waals surface area contributed by atoms with Crippen molar-refractivity contribution in [1.82, 2.24) is 24.9 Å². The van der Waals surface area contributed by atoms with Gasteiger partial charge in [-0.3, -0.25) is 4.98 Å². The Labute approximate surface area is 262 Å². The number of hydrogen-bond donors (Lipinski definition) is 0. The van der Waals surface area contributed by atoms with E-state index < -0.39 is 0 Å². The van der Waals surface area contributed by atoms with Crippen molar-refractivity contribution in [2.45, 2.75) is 7.43 Å². The SMILES string of the molecule is C.c1ccc(-c2nc(-c3ccccc3)nc(-c3ccc(-c4cc(-c5ccccc5)c5ccc6cccnc6c5n4)cc3)n2)cc1. The van der Waals surface area contributed by atoms with Gasteiger partial charge in [-0.05, 0) is 23.3 Å². The third kappa shape index (κ3) is 5.32. The summed E-state index contributed by atoms with van der Waals surface area (Å²) in [5.41, 5.74) is 8.72. The van der Waals surface area contributed by atoms with E-state index in [1.807, 2.05) is 79.0 Å². The van der Waals surface area contributed by atoms with Crippen LogP contribution in [0.2, 0.25) is 0 Å². The lowest BCUT2D eigenvalue weighted by Crippen LogP contribution is -2.00. The van der Waals surface area contributed by atoms with Crippen molar-refractivity contribution in [3.63, 3.8) is 0 Å². The molecule has 0 unspecified atom stereocenters. The highest BCUT2D eigenvalue weighted by atomic mass is 15.0. The van der Waals surface area contributed by atoms with Crippen molar-refractivity contribution in [3.8, 4) is 56.5 Å². The van der Waals surface area contributed by atoms with Crippen LogP contribution >= 0.6 is 0 Å². The smallest absolute Gasteiger partial charge is 0.164 e. The molecule has 45 heavy (non-hydrogen) atoms. The Bertz CT molecular complexity index is 2190. The van der Waals surface area contributed by atoms with Crippen molar-refractivity contribution in [2.24, 2.45) is 0 Å². The molecule has 0 fully saturated rings. The maximum Gasteiger partial charge on any atom is 0.164 e. The lowest BCUT2D eigenvalue weighted by molar-refractivity contribution is 1.07. The molecule has 3 aromatic heterocycles. The number of pyridine rings is 2. The summed E-state index contributed by atoms with van der Waals surface area (Å²) < 4.78 is 0. The van der Waals surface area contributed by atoms with E-state index in [4.69, 9.17) is 24.9 Å². The van der Waals surface area contributed by atoms with Gasteiger partial charge in [0.25, 0.3) is 0 Å². The summed E-state index contributed by atoms with van der Waals surface area (Å²) in [6.07, 6.45) is 1.83. The molecule has 0 bridgehead atoms. The second-order valence-corrected chi connectivity index (χ2v) is 10.6. The van der Waals surface area contributed by atoms with Crippen molar-refractivity contribution < 1.29 is 0 Å². The van der Waals surface area contributed by atoms with Crippen LogP contribution in [0.4, 0.5) is 0 Å². The molecule has 0 saturated heterocycles. The first-order chi connectivity index (χ1) is 21.8. The minimum absolute atomic E-state index is 0. The number of aromatic nitrogens is 5. The number of fused-ring (bicyclic) bond motifs is 3. The zero-order valence-corrected chi connectivity index (χ0v) is 23.7. The third-order valence-corrected chi connectivity index (χ3v) is 7.77. The van der Waals surface area contributed by atoms with Crippen LogP contribution in [0.5, 0.6) is 0 Å². The highest BCUT2D eigenvalue weighted by Crippen LogP contribution is 2.35. The molecule has 5 nitrogen and oxygen atoms in total. The molecule has 0 saturated carbocycles. The fourth-order valence-electron chi connectivity index (χ4n) is 5.56. The summed E-state index contributed by atoms with van der Waals surface area (Å²) in [5.74, 6) is 1.90. The summed E-state index contributed by atoms with van der Waals surface area (Å²) in [5, 5.41) is 2.15. The molecule has 0 radical (unpaired) electrons. The van der Waals surface area contributed by atoms with Gasteiger partial charge < -0.3 is 0 Å². The predicted octanol–water partition coefficient (Wildman–Crippen LogP) is 9.94. The quantitative estimate of drug-likeness (QED) is 0.190. The molecule has 214 valence electrons. The topological polar surface area (TPSA) is 64.5 Å². The first-order valence-corrected chi connectivity index (χ1v) is 14.5. The van der Waals surface area contributed by atoms with Crippen molar-refractivity contribution in [3.05, 3.63) is 152 Å². The molecule has 3 heterocycles. The Morgan fingerprint density at radius 3 is 1.47 bits per heavy atom. The largest absolute Gasteiger partial charge is 0.254 e. The lowest BCUT2D eigenvalue weighted by atomic mass is 9.97. The Hall–Kier alpha value is -6.07. The molecule has 8 rings (SSSR count). The molecule has 0 N–H and O–H groups in total. The zero-order valence-electron chi connectivity index (χ0n) is 23.7. The van der Waals surface area contributed by atoms with Crippen LogP contribution in [-0.4, -0.2) is 24.9 Å². The summed E-state index contributed by atoms with van der Waals surface area (Å²) in [6.45, 7) is 0. The highest BCUT2D eigenvalue weighted by molar-refractivity contribution is 6.09. The Kier molecular flexibility index (Phi) is 7.34. The first kappa shape index (κ1) is 27.7. The van der Waals surface area contributed by atoms with Gasteiger partial charge in [-0.15, -0.1) is 0 Å². The second-order valence-electron chi connectivity index (χ2n) is 10.6. The Balaban J connectivity index is 0.00000325. The fraction of sp³-hybridized carbons (Fsp3) is 0.0250. The number of hydrogen-bond acceptors (Lipinski definition) is 5. The van der Waals surface area contributed by atoms with Crippen LogP contribution in [-0.2, 0) is 0 Å². The van der Waals surface area contributed by atoms with E-state index in [1.165, 1.54) is 0 Å². The van der Waals surface area contributed by atoms with Gasteiger partial charge in [-0.25, -0.2) is 19.9 Å². The van der Waals surface area contributed by atoms with E-state index in [2.05, 4.69) is 72.8 Å². The molecule has 8 aromatic rings. The van der Waals surface area contributed by atoms with E-state index in [9.17, 15) is 0 Å². The van der Waals surface area contributed by atoms with Crippen molar-refractivity contribution in [2.75, 3.05) is 0 Å². The summed E-state index contributed by atoms with van der Waals surface area (Å²) >= 11 is 0. The van der Waals surface area contributed by atoms with Crippen LogP contribution in [0.25, 0.3) is 78.4 Å². The molecular formula is C40H29N5. The molecule has 0 aliphatic rings.